The van der Waals surface area contributed by atoms with Gasteiger partial charge in [-0.15, -0.1) is 36.2 Å². The zero-order chi connectivity index (χ0) is 18.8. The minimum Gasteiger partial charge on any atom is -0.492 e. The van der Waals surface area contributed by atoms with Crippen LogP contribution in [0.15, 0.2) is 38.9 Å². The molecule has 0 radical (unpaired) electrons. The first-order valence-corrected chi connectivity index (χ1v) is 10.9. The highest BCUT2D eigenvalue weighted by molar-refractivity contribution is 9.10. The maximum absolute atomic E-state index is 12.0. The van der Waals surface area contributed by atoms with E-state index < -0.39 is 0 Å². The maximum Gasteiger partial charge on any atom is 0.201 e. The molecule has 2 aromatic heterocycles. The summed E-state index contributed by atoms with van der Waals surface area (Å²) in [6, 6.07) is 7.61. The molecule has 0 amide bonds. The van der Waals surface area contributed by atoms with E-state index >= 15 is 0 Å². The Bertz CT molecular complexity index is 1030. The lowest BCUT2D eigenvalue weighted by molar-refractivity contribution is 0.251. The molecule has 0 fully saturated rings. The Balaban J connectivity index is 0.00000150. The van der Waals surface area contributed by atoms with Crippen molar-refractivity contribution >= 4 is 79.7 Å². The third-order valence-corrected chi connectivity index (χ3v) is 6.30. The summed E-state index contributed by atoms with van der Waals surface area (Å²) in [6.45, 7) is 2.31. The topological polar surface area (TPSA) is 66.2 Å². The van der Waals surface area contributed by atoms with Crippen molar-refractivity contribution in [3.8, 4) is 5.75 Å². The third-order valence-electron chi connectivity index (χ3n) is 4.56. The minimum absolute atomic E-state index is 0. The van der Waals surface area contributed by atoms with E-state index in [0.717, 1.165) is 57.8 Å². The molecule has 29 heavy (non-hydrogen) atoms. The van der Waals surface area contributed by atoms with Crippen LogP contribution in [0.1, 0.15) is 24.4 Å². The van der Waals surface area contributed by atoms with Gasteiger partial charge in [0, 0.05) is 35.7 Å². The smallest absolute Gasteiger partial charge is 0.201 e. The van der Waals surface area contributed by atoms with Crippen LogP contribution >= 0.6 is 63.7 Å². The number of rotatable bonds is 6. The van der Waals surface area contributed by atoms with Crippen LogP contribution in [0.2, 0.25) is 5.02 Å². The van der Waals surface area contributed by atoms with Crippen molar-refractivity contribution in [3.05, 3.63) is 54.9 Å². The van der Waals surface area contributed by atoms with Crippen LogP contribution < -0.4 is 20.8 Å². The normalized spacial score (nSPS) is 15.0. The van der Waals surface area contributed by atoms with Crippen LogP contribution in [0.3, 0.4) is 0 Å². The van der Waals surface area contributed by atoms with Gasteiger partial charge in [-0.25, -0.2) is 0 Å². The Morgan fingerprint density at radius 2 is 2.10 bits per heavy atom. The predicted octanol–water partition coefficient (Wildman–Crippen LogP) is 5.76. The Labute approximate surface area is 198 Å². The SMILES string of the molecule is Cl.Cl.O=c1cc(NCCCN[C@@H]2CCOc3c(Br)cc(Cl)cc32)[nH]c2ccsc12. The van der Waals surface area contributed by atoms with Crippen molar-refractivity contribution in [3.63, 3.8) is 0 Å². The van der Waals surface area contributed by atoms with Gasteiger partial charge in [-0.05, 0) is 52.5 Å². The Hall–Kier alpha value is -0.960. The number of benzene rings is 1. The summed E-state index contributed by atoms with van der Waals surface area (Å²) >= 11 is 11.2. The lowest BCUT2D eigenvalue weighted by atomic mass is 10.0. The Morgan fingerprint density at radius 1 is 1.28 bits per heavy atom. The molecule has 1 aromatic carbocycles. The molecule has 3 N–H and O–H groups in total. The van der Waals surface area contributed by atoms with Crippen LogP contribution in [0.4, 0.5) is 5.82 Å². The number of fused-ring (bicyclic) bond motifs is 2. The molecule has 0 bridgehead atoms. The standard InChI is InChI=1S/C19H19BrClN3O2S.2ClH/c20-13-9-11(21)8-12-14(2-6-26-18(12)13)22-4-1-5-23-17-10-16(25)19-15(24-17)3-7-27-19;;/h3,7-10,14,22H,1-2,4-6H2,(H2,23,24,25);2*1H/t14-;;/m1../s1. The number of aromatic amines is 1. The van der Waals surface area contributed by atoms with Crippen LogP contribution in [-0.2, 0) is 0 Å². The highest BCUT2D eigenvalue weighted by atomic mass is 79.9. The van der Waals surface area contributed by atoms with Crippen LogP contribution in [0.25, 0.3) is 10.2 Å². The monoisotopic (exact) mass is 539 g/mol. The molecular formula is C19H21BrCl3N3O2S. The third kappa shape index (κ3) is 5.60. The van der Waals surface area contributed by atoms with E-state index in [4.69, 9.17) is 16.3 Å². The van der Waals surface area contributed by atoms with Gasteiger partial charge in [0.1, 0.15) is 11.6 Å². The number of hydrogen-bond acceptors (Lipinski definition) is 5. The van der Waals surface area contributed by atoms with E-state index in [1.165, 1.54) is 11.3 Å². The summed E-state index contributed by atoms with van der Waals surface area (Å²) in [7, 11) is 0. The molecule has 5 nitrogen and oxygen atoms in total. The van der Waals surface area contributed by atoms with Crippen molar-refractivity contribution in [1.82, 2.24) is 10.3 Å². The number of H-pyrrole nitrogens is 1. The predicted molar refractivity (Wildman–Crippen MR) is 130 cm³/mol. The summed E-state index contributed by atoms with van der Waals surface area (Å²) in [5, 5.41) is 9.51. The van der Waals surface area contributed by atoms with E-state index in [-0.39, 0.29) is 36.3 Å². The molecule has 0 aliphatic carbocycles. The number of pyridine rings is 1. The molecule has 4 rings (SSSR count). The van der Waals surface area contributed by atoms with Crippen molar-refractivity contribution in [1.29, 1.82) is 0 Å². The zero-order valence-corrected chi connectivity index (χ0v) is 20.1. The first-order valence-electron chi connectivity index (χ1n) is 8.81. The number of anilines is 1. The van der Waals surface area contributed by atoms with Gasteiger partial charge < -0.3 is 20.4 Å². The first-order chi connectivity index (χ1) is 13.1. The molecular weight excluding hydrogens is 521 g/mol. The number of thiophene rings is 1. The molecule has 1 atom stereocenters. The molecule has 0 spiro atoms. The van der Waals surface area contributed by atoms with E-state index in [9.17, 15) is 4.79 Å². The molecule has 3 aromatic rings. The van der Waals surface area contributed by atoms with E-state index in [2.05, 4.69) is 31.5 Å². The average Bonchev–Trinajstić information content (AvgIpc) is 3.11. The van der Waals surface area contributed by atoms with Gasteiger partial charge in [-0.1, -0.05) is 11.6 Å². The number of nitrogens with one attached hydrogen (secondary N) is 3. The van der Waals surface area contributed by atoms with Crippen molar-refractivity contribution in [2.45, 2.75) is 18.9 Å². The van der Waals surface area contributed by atoms with Crippen molar-refractivity contribution in [2.75, 3.05) is 25.0 Å². The second-order valence-electron chi connectivity index (χ2n) is 6.44. The summed E-state index contributed by atoms with van der Waals surface area (Å²) in [6.07, 6.45) is 1.84. The van der Waals surface area contributed by atoms with Gasteiger partial charge in [0.15, 0.2) is 0 Å². The molecule has 1 aliphatic heterocycles. The van der Waals surface area contributed by atoms with Gasteiger partial charge in [0.2, 0.25) is 5.43 Å². The molecule has 3 heterocycles. The van der Waals surface area contributed by atoms with E-state index in [0.29, 0.717) is 11.6 Å². The quantitative estimate of drug-likeness (QED) is 0.347. The molecule has 1 aliphatic rings. The van der Waals surface area contributed by atoms with E-state index in [1.807, 2.05) is 23.6 Å². The molecule has 158 valence electrons. The first kappa shape index (κ1) is 24.3. The number of aromatic nitrogens is 1. The second kappa shape index (κ2) is 10.9. The van der Waals surface area contributed by atoms with Crippen molar-refractivity contribution < 1.29 is 4.74 Å². The van der Waals surface area contributed by atoms with Crippen LogP contribution in [0.5, 0.6) is 5.75 Å². The summed E-state index contributed by atoms with van der Waals surface area (Å²) in [5.74, 6) is 1.64. The fourth-order valence-electron chi connectivity index (χ4n) is 3.30. The lowest BCUT2D eigenvalue weighted by Crippen LogP contribution is -2.29. The highest BCUT2D eigenvalue weighted by Crippen LogP contribution is 2.40. The van der Waals surface area contributed by atoms with Crippen molar-refractivity contribution in [2.24, 2.45) is 0 Å². The van der Waals surface area contributed by atoms with Gasteiger partial charge in [0.05, 0.1) is 21.3 Å². The summed E-state index contributed by atoms with van der Waals surface area (Å²) in [4.78, 5) is 15.3. The molecule has 0 saturated heterocycles. The van der Waals surface area contributed by atoms with Gasteiger partial charge >= 0.3 is 0 Å². The number of halogens is 4. The summed E-state index contributed by atoms with van der Waals surface area (Å²) < 4.78 is 7.44. The fourth-order valence-corrected chi connectivity index (χ4v) is 5.01. The molecule has 10 heteroatoms. The maximum atomic E-state index is 12.0. The zero-order valence-electron chi connectivity index (χ0n) is 15.3. The van der Waals surface area contributed by atoms with Gasteiger partial charge in [-0.3, -0.25) is 4.79 Å². The molecule has 0 saturated carbocycles. The van der Waals surface area contributed by atoms with Crippen LogP contribution in [0, 0.1) is 0 Å². The number of hydrogen-bond donors (Lipinski definition) is 3. The fraction of sp³-hybridized carbons (Fsp3) is 0.316. The molecule has 0 unspecified atom stereocenters. The Morgan fingerprint density at radius 3 is 2.93 bits per heavy atom. The van der Waals surface area contributed by atoms with Crippen LogP contribution in [-0.4, -0.2) is 24.7 Å². The second-order valence-corrected chi connectivity index (χ2v) is 8.65. The number of ether oxygens (including phenoxy) is 1. The van der Waals surface area contributed by atoms with Gasteiger partial charge in [-0.2, -0.15) is 0 Å². The highest BCUT2D eigenvalue weighted by Gasteiger charge is 2.23. The Kier molecular flexibility index (Phi) is 9.13. The average molecular weight is 542 g/mol. The largest absolute Gasteiger partial charge is 0.492 e. The minimum atomic E-state index is 0. The van der Waals surface area contributed by atoms with Gasteiger partial charge in [0.25, 0.3) is 0 Å². The lowest BCUT2D eigenvalue weighted by Gasteiger charge is -2.28. The van der Waals surface area contributed by atoms with E-state index in [1.54, 1.807) is 6.07 Å². The summed E-state index contributed by atoms with van der Waals surface area (Å²) in [5.41, 5.74) is 2.04.